The zero-order valence-electron chi connectivity index (χ0n) is 5.71. The molecule has 0 saturated carbocycles. The second-order valence-electron chi connectivity index (χ2n) is 1.78. The molecule has 0 aromatic carbocycles. The van der Waals surface area contributed by atoms with Gasteiger partial charge in [-0.15, -0.1) is 0 Å². The maximum absolute atomic E-state index is 5.60. The summed E-state index contributed by atoms with van der Waals surface area (Å²) in [6, 6.07) is 0. The van der Waals surface area contributed by atoms with Gasteiger partial charge in [0.25, 0.3) is 0 Å². The second-order valence-corrected chi connectivity index (χ2v) is 2.13. The lowest BCUT2D eigenvalue weighted by atomic mass is 10.5. The monoisotopic (exact) mass is 170 g/mol. The van der Waals surface area contributed by atoms with Crippen LogP contribution < -0.4 is 11.1 Å². The van der Waals surface area contributed by atoms with Crippen molar-refractivity contribution in [3.05, 3.63) is 24.3 Å². The standard InChI is InChI=1S/C6H7ClN4/c1-2-9-6-4(8)5(7)10-3-11-6/h2-3H,1,8H2,(H,9,10,11). The van der Waals surface area contributed by atoms with Crippen molar-refractivity contribution in [3.8, 4) is 0 Å². The van der Waals surface area contributed by atoms with Crippen molar-refractivity contribution >= 4 is 23.1 Å². The van der Waals surface area contributed by atoms with Gasteiger partial charge < -0.3 is 11.1 Å². The van der Waals surface area contributed by atoms with Crippen LogP contribution in [0.15, 0.2) is 19.1 Å². The van der Waals surface area contributed by atoms with E-state index in [-0.39, 0.29) is 5.15 Å². The third-order valence-corrected chi connectivity index (χ3v) is 1.38. The first kappa shape index (κ1) is 7.81. The zero-order chi connectivity index (χ0) is 8.27. The third kappa shape index (κ3) is 1.59. The van der Waals surface area contributed by atoms with Crippen molar-refractivity contribution in [3.63, 3.8) is 0 Å². The van der Waals surface area contributed by atoms with E-state index < -0.39 is 0 Å². The van der Waals surface area contributed by atoms with Crippen molar-refractivity contribution < 1.29 is 0 Å². The summed E-state index contributed by atoms with van der Waals surface area (Å²) in [4.78, 5) is 7.50. The van der Waals surface area contributed by atoms with Crippen LogP contribution in [0.3, 0.4) is 0 Å². The highest BCUT2D eigenvalue weighted by Crippen LogP contribution is 2.21. The van der Waals surface area contributed by atoms with Gasteiger partial charge in [-0.1, -0.05) is 18.2 Å². The van der Waals surface area contributed by atoms with Gasteiger partial charge in [-0.25, -0.2) is 9.97 Å². The maximum Gasteiger partial charge on any atom is 0.158 e. The molecule has 0 radical (unpaired) electrons. The average molecular weight is 171 g/mol. The smallest absolute Gasteiger partial charge is 0.158 e. The fraction of sp³-hybridized carbons (Fsp3) is 0. The second kappa shape index (κ2) is 3.21. The SMILES string of the molecule is C=CNc1ncnc(Cl)c1N. The number of nitrogens with zero attached hydrogens (tertiary/aromatic N) is 2. The molecule has 0 spiro atoms. The van der Waals surface area contributed by atoms with E-state index in [9.17, 15) is 0 Å². The summed E-state index contributed by atoms with van der Waals surface area (Å²) >= 11 is 5.60. The average Bonchev–Trinajstić information content (AvgIpc) is 1.99. The number of hydrogen-bond donors (Lipinski definition) is 2. The molecule has 0 aliphatic carbocycles. The Morgan fingerprint density at radius 2 is 2.36 bits per heavy atom. The maximum atomic E-state index is 5.60. The molecule has 11 heavy (non-hydrogen) atoms. The molecule has 0 amide bonds. The highest BCUT2D eigenvalue weighted by molar-refractivity contribution is 6.32. The molecule has 0 fully saturated rings. The number of anilines is 2. The van der Waals surface area contributed by atoms with E-state index in [2.05, 4.69) is 21.9 Å². The predicted molar refractivity (Wildman–Crippen MR) is 45.3 cm³/mol. The Hall–Kier alpha value is -1.29. The molecule has 0 unspecified atom stereocenters. The van der Waals surface area contributed by atoms with Gasteiger partial charge in [0.2, 0.25) is 0 Å². The normalized spacial score (nSPS) is 9.18. The molecule has 1 aromatic rings. The number of rotatable bonds is 2. The molecule has 0 atom stereocenters. The Balaban J connectivity index is 3.05. The van der Waals surface area contributed by atoms with Crippen LogP contribution in [0.2, 0.25) is 5.15 Å². The first-order valence-electron chi connectivity index (χ1n) is 2.89. The Morgan fingerprint density at radius 3 is 3.00 bits per heavy atom. The molecule has 58 valence electrons. The van der Waals surface area contributed by atoms with Crippen molar-refractivity contribution in [1.82, 2.24) is 9.97 Å². The summed E-state index contributed by atoms with van der Waals surface area (Å²) in [6.45, 7) is 3.46. The molecule has 0 aliphatic rings. The van der Waals surface area contributed by atoms with E-state index >= 15 is 0 Å². The molecule has 3 N–H and O–H groups in total. The summed E-state index contributed by atoms with van der Waals surface area (Å²) in [5.74, 6) is 0.472. The van der Waals surface area contributed by atoms with E-state index in [0.717, 1.165) is 0 Å². The van der Waals surface area contributed by atoms with Crippen molar-refractivity contribution in [2.45, 2.75) is 0 Å². The van der Waals surface area contributed by atoms with Crippen molar-refractivity contribution in [1.29, 1.82) is 0 Å². The van der Waals surface area contributed by atoms with E-state index in [1.165, 1.54) is 12.5 Å². The first-order valence-corrected chi connectivity index (χ1v) is 3.27. The molecule has 5 heteroatoms. The molecule has 1 rings (SSSR count). The molecule has 4 nitrogen and oxygen atoms in total. The number of aromatic nitrogens is 2. The molecular formula is C6H7ClN4. The van der Waals surface area contributed by atoms with Crippen LogP contribution in [0.1, 0.15) is 0 Å². The highest BCUT2D eigenvalue weighted by Gasteiger charge is 2.02. The Labute approximate surface area is 69.1 Å². The van der Waals surface area contributed by atoms with E-state index in [4.69, 9.17) is 17.3 Å². The van der Waals surface area contributed by atoms with Crippen LogP contribution >= 0.6 is 11.6 Å². The first-order chi connectivity index (χ1) is 5.25. The van der Waals surface area contributed by atoms with Crippen LogP contribution in [0, 0.1) is 0 Å². The van der Waals surface area contributed by atoms with Crippen LogP contribution in [-0.4, -0.2) is 9.97 Å². The van der Waals surface area contributed by atoms with E-state index in [0.29, 0.717) is 11.5 Å². The summed E-state index contributed by atoms with van der Waals surface area (Å²) < 4.78 is 0. The highest BCUT2D eigenvalue weighted by atomic mass is 35.5. The zero-order valence-corrected chi connectivity index (χ0v) is 6.47. The number of nitrogens with one attached hydrogen (secondary N) is 1. The third-order valence-electron chi connectivity index (χ3n) is 1.07. The van der Waals surface area contributed by atoms with Gasteiger partial charge in [0, 0.05) is 0 Å². The topological polar surface area (TPSA) is 63.8 Å². The van der Waals surface area contributed by atoms with Gasteiger partial charge in [0.15, 0.2) is 11.0 Å². The van der Waals surface area contributed by atoms with E-state index in [1.807, 2.05) is 0 Å². The minimum atomic E-state index is 0.240. The minimum absolute atomic E-state index is 0.240. The summed E-state index contributed by atoms with van der Waals surface area (Å²) in [7, 11) is 0. The number of halogens is 1. The van der Waals surface area contributed by atoms with Gasteiger partial charge in [-0.05, 0) is 6.20 Å². The van der Waals surface area contributed by atoms with Gasteiger partial charge in [-0.2, -0.15) is 0 Å². The quantitative estimate of drug-likeness (QED) is 0.657. The van der Waals surface area contributed by atoms with Gasteiger partial charge in [0.05, 0.1) is 0 Å². The van der Waals surface area contributed by atoms with Crippen molar-refractivity contribution in [2.24, 2.45) is 0 Å². The Kier molecular flexibility index (Phi) is 2.28. The van der Waals surface area contributed by atoms with Crippen molar-refractivity contribution in [2.75, 3.05) is 11.1 Å². The Morgan fingerprint density at radius 1 is 1.64 bits per heavy atom. The number of hydrogen-bond acceptors (Lipinski definition) is 4. The summed E-state index contributed by atoms with van der Waals surface area (Å²) in [5, 5.41) is 2.96. The summed E-state index contributed by atoms with van der Waals surface area (Å²) in [6.07, 6.45) is 2.79. The molecule has 0 saturated heterocycles. The molecule has 1 heterocycles. The lowest BCUT2D eigenvalue weighted by Gasteiger charge is -2.02. The lowest BCUT2D eigenvalue weighted by Crippen LogP contribution is -1.99. The van der Waals surface area contributed by atoms with Crippen LogP contribution in [-0.2, 0) is 0 Å². The van der Waals surface area contributed by atoms with Crippen LogP contribution in [0.25, 0.3) is 0 Å². The Bertz CT molecular complexity index is 273. The molecule has 0 aliphatic heterocycles. The lowest BCUT2D eigenvalue weighted by molar-refractivity contribution is 1.17. The summed E-state index contributed by atoms with van der Waals surface area (Å²) in [5.41, 5.74) is 5.83. The predicted octanol–water partition coefficient (Wildman–Crippen LogP) is 1.27. The van der Waals surface area contributed by atoms with Gasteiger partial charge in [-0.3, -0.25) is 0 Å². The fourth-order valence-corrected chi connectivity index (χ4v) is 0.719. The fourth-order valence-electron chi connectivity index (χ4n) is 0.586. The van der Waals surface area contributed by atoms with Crippen LogP contribution in [0.4, 0.5) is 11.5 Å². The van der Waals surface area contributed by atoms with Gasteiger partial charge >= 0.3 is 0 Å². The largest absolute Gasteiger partial charge is 0.393 e. The van der Waals surface area contributed by atoms with E-state index in [1.54, 1.807) is 0 Å². The minimum Gasteiger partial charge on any atom is -0.393 e. The molecule has 1 aromatic heterocycles. The number of nitrogens with two attached hydrogens (primary N) is 1. The van der Waals surface area contributed by atoms with Gasteiger partial charge in [0.1, 0.15) is 12.0 Å². The van der Waals surface area contributed by atoms with Crippen LogP contribution in [0.5, 0.6) is 0 Å². The number of nitrogen functional groups attached to an aromatic ring is 1. The molecule has 0 bridgehead atoms. The molecular weight excluding hydrogens is 164 g/mol.